The smallest absolute Gasteiger partial charge is 0.269 e. The van der Waals surface area contributed by atoms with E-state index in [0.29, 0.717) is 29.6 Å². The van der Waals surface area contributed by atoms with Gasteiger partial charge in [-0.05, 0) is 36.7 Å². The Morgan fingerprint density at radius 3 is 2.17 bits per heavy atom. The normalized spacial score (nSPS) is 13.9. The van der Waals surface area contributed by atoms with Gasteiger partial charge in [-0.2, -0.15) is 0 Å². The van der Waals surface area contributed by atoms with Crippen LogP contribution in [-0.4, -0.2) is 38.3 Å². The second-order valence-electron chi connectivity index (χ2n) is 6.91. The number of carbonyl (C=O) groups excluding carboxylic acids is 2. The Labute approximate surface area is 176 Å². The fraction of sp³-hybridized carbons (Fsp3) is 0.550. The average Bonchev–Trinajstić information content (AvgIpc) is 2.75. The number of nitrogens with one attached hydrogen (secondary N) is 3. The van der Waals surface area contributed by atoms with Crippen LogP contribution in [0.2, 0.25) is 0 Å². The van der Waals surface area contributed by atoms with Crippen molar-refractivity contribution in [2.75, 3.05) is 21.3 Å². The van der Waals surface area contributed by atoms with Crippen molar-refractivity contribution in [2.45, 2.75) is 44.9 Å². The predicted molar refractivity (Wildman–Crippen MR) is 113 cm³/mol. The van der Waals surface area contributed by atoms with Crippen LogP contribution >= 0.6 is 12.2 Å². The molecular formula is C20H29N3O5S. The van der Waals surface area contributed by atoms with Gasteiger partial charge in [0, 0.05) is 12.0 Å². The molecule has 1 saturated carbocycles. The maximum atomic E-state index is 12.4. The fourth-order valence-corrected chi connectivity index (χ4v) is 3.59. The zero-order valence-corrected chi connectivity index (χ0v) is 17.9. The molecule has 0 aliphatic heterocycles. The number of amides is 2. The van der Waals surface area contributed by atoms with Crippen molar-refractivity contribution in [1.29, 1.82) is 0 Å². The van der Waals surface area contributed by atoms with Crippen molar-refractivity contribution in [3.8, 4) is 17.2 Å². The van der Waals surface area contributed by atoms with E-state index < -0.39 is 5.91 Å². The number of thiocarbonyl (C=S) groups is 1. The highest BCUT2D eigenvalue weighted by molar-refractivity contribution is 7.80. The maximum absolute atomic E-state index is 12.4. The van der Waals surface area contributed by atoms with Crippen molar-refractivity contribution in [3.05, 3.63) is 17.7 Å². The Balaban J connectivity index is 1.83. The van der Waals surface area contributed by atoms with E-state index in [0.717, 1.165) is 6.42 Å². The van der Waals surface area contributed by atoms with Gasteiger partial charge in [-0.25, -0.2) is 0 Å². The highest BCUT2D eigenvalue weighted by atomic mass is 32.1. The first-order chi connectivity index (χ1) is 14.0. The molecule has 0 unspecified atom stereocenters. The summed E-state index contributed by atoms with van der Waals surface area (Å²) in [5.74, 6) is 1.10. The minimum Gasteiger partial charge on any atom is -0.493 e. The highest BCUT2D eigenvalue weighted by Gasteiger charge is 2.18. The molecule has 1 aliphatic carbocycles. The van der Waals surface area contributed by atoms with E-state index in [2.05, 4.69) is 16.2 Å². The van der Waals surface area contributed by atoms with Crippen LogP contribution in [0, 0.1) is 5.92 Å². The van der Waals surface area contributed by atoms with Gasteiger partial charge in [-0.1, -0.05) is 32.1 Å². The van der Waals surface area contributed by atoms with Gasteiger partial charge in [0.1, 0.15) is 0 Å². The largest absolute Gasteiger partial charge is 0.493 e. The van der Waals surface area contributed by atoms with Gasteiger partial charge in [0.15, 0.2) is 16.6 Å². The first-order valence-corrected chi connectivity index (χ1v) is 10.1. The third-order valence-electron chi connectivity index (χ3n) is 4.97. The molecule has 1 aromatic carbocycles. The Morgan fingerprint density at radius 1 is 1.00 bits per heavy atom. The molecule has 160 valence electrons. The third-order valence-corrected chi connectivity index (χ3v) is 5.18. The average molecular weight is 424 g/mol. The summed E-state index contributed by atoms with van der Waals surface area (Å²) < 4.78 is 15.7. The summed E-state index contributed by atoms with van der Waals surface area (Å²) in [5, 5.41) is 2.63. The molecule has 0 heterocycles. The number of ether oxygens (including phenoxy) is 3. The van der Waals surface area contributed by atoms with Crippen LogP contribution in [0.4, 0.5) is 0 Å². The molecule has 0 atom stereocenters. The Kier molecular flexibility index (Phi) is 8.98. The lowest BCUT2D eigenvalue weighted by Crippen LogP contribution is -2.48. The fourth-order valence-electron chi connectivity index (χ4n) is 3.43. The van der Waals surface area contributed by atoms with E-state index >= 15 is 0 Å². The predicted octanol–water partition coefficient (Wildman–Crippen LogP) is 2.71. The Hall–Kier alpha value is -2.55. The van der Waals surface area contributed by atoms with Gasteiger partial charge in [-0.3, -0.25) is 20.4 Å². The molecule has 3 N–H and O–H groups in total. The van der Waals surface area contributed by atoms with Crippen LogP contribution < -0.4 is 30.4 Å². The molecule has 8 nitrogen and oxygen atoms in total. The lowest BCUT2D eigenvalue weighted by atomic mass is 9.86. The molecule has 1 fully saturated rings. The van der Waals surface area contributed by atoms with E-state index in [1.807, 2.05) is 0 Å². The quantitative estimate of drug-likeness (QED) is 0.458. The van der Waals surface area contributed by atoms with Crippen molar-refractivity contribution in [2.24, 2.45) is 5.92 Å². The van der Waals surface area contributed by atoms with Crippen LogP contribution in [0.5, 0.6) is 17.2 Å². The number of hydrazine groups is 1. The molecule has 2 amide bonds. The molecule has 9 heteroatoms. The summed E-state index contributed by atoms with van der Waals surface area (Å²) in [7, 11) is 4.42. The minimum absolute atomic E-state index is 0.0411. The standard InChI is InChI=1S/C20H29N3O5S/c1-26-15-11-14(12-16(27-2)18(15)28-3)19(25)22-23-20(29)21-17(24)10-9-13-7-5-4-6-8-13/h11-13H,4-10H2,1-3H3,(H,22,25)(H2,21,23,24,29). The molecule has 0 saturated heterocycles. The van der Waals surface area contributed by atoms with Crippen LogP contribution in [-0.2, 0) is 4.79 Å². The van der Waals surface area contributed by atoms with Crippen molar-refractivity contribution in [3.63, 3.8) is 0 Å². The lowest BCUT2D eigenvalue weighted by molar-refractivity contribution is -0.120. The molecule has 0 radical (unpaired) electrons. The van der Waals surface area contributed by atoms with Crippen LogP contribution in [0.15, 0.2) is 12.1 Å². The molecule has 1 aromatic rings. The Bertz CT molecular complexity index is 710. The second kappa shape index (κ2) is 11.5. The molecule has 2 rings (SSSR count). The maximum Gasteiger partial charge on any atom is 0.269 e. The topological polar surface area (TPSA) is 97.9 Å². The third kappa shape index (κ3) is 6.77. The summed E-state index contributed by atoms with van der Waals surface area (Å²) in [6, 6.07) is 3.04. The van der Waals surface area contributed by atoms with Gasteiger partial charge < -0.3 is 19.5 Å². The zero-order chi connectivity index (χ0) is 21.2. The number of methoxy groups -OCH3 is 3. The SMILES string of the molecule is COc1cc(C(=O)NNC(=S)NC(=O)CCC2CCCCC2)cc(OC)c1OC. The van der Waals surface area contributed by atoms with Gasteiger partial charge in [-0.15, -0.1) is 0 Å². The van der Waals surface area contributed by atoms with Gasteiger partial charge in [0.2, 0.25) is 11.7 Å². The van der Waals surface area contributed by atoms with Crippen molar-refractivity contribution >= 4 is 29.1 Å². The summed E-state index contributed by atoms with van der Waals surface area (Å²) >= 11 is 5.08. The van der Waals surface area contributed by atoms with Crippen LogP contribution in [0.25, 0.3) is 0 Å². The van der Waals surface area contributed by atoms with Crippen molar-refractivity contribution < 1.29 is 23.8 Å². The zero-order valence-electron chi connectivity index (χ0n) is 17.1. The second-order valence-corrected chi connectivity index (χ2v) is 7.32. The number of hydrogen-bond donors (Lipinski definition) is 3. The molecule has 0 bridgehead atoms. The lowest BCUT2D eigenvalue weighted by Gasteiger charge is -2.21. The van der Waals surface area contributed by atoms with E-state index in [1.54, 1.807) is 0 Å². The molecule has 1 aliphatic rings. The summed E-state index contributed by atoms with van der Waals surface area (Å²) in [6.07, 6.45) is 7.47. The monoisotopic (exact) mass is 423 g/mol. The summed E-state index contributed by atoms with van der Waals surface area (Å²) in [5.41, 5.74) is 5.27. The first kappa shape index (κ1) is 22.7. The van der Waals surface area contributed by atoms with Gasteiger partial charge >= 0.3 is 0 Å². The van der Waals surface area contributed by atoms with E-state index in [-0.39, 0.29) is 16.6 Å². The number of carbonyl (C=O) groups is 2. The van der Waals surface area contributed by atoms with Crippen molar-refractivity contribution in [1.82, 2.24) is 16.2 Å². The van der Waals surface area contributed by atoms with Gasteiger partial charge in [0.05, 0.1) is 21.3 Å². The van der Waals surface area contributed by atoms with E-state index in [1.165, 1.54) is 65.6 Å². The molecule has 0 aromatic heterocycles. The first-order valence-electron chi connectivity index (χ1n) is 9.68. The summed E-state index contributed by atoms with van der Waals surface area (Å²) in [6.45, 7) is 0. The van der Waals surface area contributed by atoms with E-state index in [9.17, 15) is 9.59 Å². The van der Waals surface area contributed by atoms with Crippen LogP contribution in [0.3, 0.4) is 0 Å². The molecular weight excluding hydrogens is 394 g/mol. The van der Waals surface area contributed by atoms with Gasteiger partial charge in [0.25, 0.3) is 5.91 Å². The number of hydrogen-bond acceptors (Lipinski definition) is 6. The molecule has 0 spiro atoms. The van der Waals surface area contributed by atoms with Crippen LogP contribution in [0.1, 0.15) is 55.3 Å². The van der Waals surface area contributed by atoms with E-state index in [4.69, 9.17) is 26.4 Å². The Morgan fingerprint density at radius 2 is 1.62 bits per heavy atom. The molecule has 29 heavy (non-hydrogen) atoms. The number of benzene rings is 1. The summed E-state index contributed by atoms with van der Waals surface area (Å²) in [4.78, 5) is 24.5. The minimum atomic E-state index is -0.469. The number of rotatable bonds is 7. The highest BCUT2D eigenvalue weighted by Crippen LogP contribution is 2.38.